The first kappa shape index (κ1) is 13.9. The number of anilines is 1. The summed E-state index contributed by atoms with van der Waals surface area (Å²) in [7, 11) is -3.27. The van der Waals surface area contributed by atoms with Gasteiger partial charge >= 0.3 is 0 Å². The number of aromatic nitrogens is 1. The third-order valence-corrected chi connectivity index (χ3v) is 3.10. The smallest absolute Gasteiger partial charge is 0.179 e. The molecule has 0 aliphatic heterocycles. The zero-order valence-corrected chi connectivity index (χ0v) is 10.5. The molecule has 0 radical (unpaired) electrons. The van der Waals surface area contributed by atoms with E-state index in [9.17, 15) is 8.42 Å². The molecular formula is C10H17N3O3S. The summed E-state index contributed by atoms with van der Waals surface area (Å²) in [4.78, 5) is 4.19. The average molecular weight is 259 g/mol. The zero-order chi connectivity index (χ0) is 12.7. The number of nitrogens with two attached hydrogens (primary N) is 1. The van der Waals surface area contributed by atoms with Crippen molar-refractivity contribution in [3.8, 4) is 0 Å². The molecule has 0 aliphatic carbocycles. The van der Waals surface area contributed by atoms with Crippen molar-refractivity contribution in [2.24, 2.45) is 5.73 Å². The molecule has 3 N–H and O–H groups in total. The van der Waals surface area contributed by atoms with E-state index in [0.29, 0.717) is 32.1 Å². The molecule has 1 aromatic heterocycles. The van der Waals surface area contributed by atoms with Crippen LogP contribution in [0, 0.1) is 0 Å². The van der Waals surface area contributed by atoms with Crippen molar-refractivity contribution in [3.63, 3.8) is 0 Å². The quantitative estimate of drug-likeness (QED) is 0.663. The molecular weight excluding hydrogens is 242 g/mol. The minimum absolute atomic E-state index is 0.193. The second-order valence-electron chi connectivity index (χ2n) is 3.45. The van der Waals surface area contributed by atoms with Crippen LogP contribution >= 0.6 is 0 Å². The van der Waals surface area contributed by atoms with Gasteiger partial charge in [0.1, 0.15) is 10.7 Å². The normalized spacial score (nSPS) is 11.4. The van der Waals surface area contributed by atoms with Crippen LogP contribution in [0.25, 0.3) is 0 Å². The Labute approximate surface area is 101 Å². The molecule has 0 atom stereocenters. The molecule has 17 heavy (non-hydrogen) atoms. The van der Waals surface area contributed by atoms with Crippen LogP contribution in [0.3, 0.4) is 0 Å². The van der Waals surface area contributed by atoms with E-state index >= 15 is 0 Å². The minimum Gasteiger partial charge on any atom is -0.378 e. The Morgan fingerprint density at radius 3 is 2.88 bits per heavy atom. The second-order valence-corrected chi connectivity index (χ2v) is 5.43. The third-order valence-electron chi connectivity index (χ3n) is 1.97. The number of ether oxygens (including phenoxy) is 1. The second kappa shape index (κ2) is 6.53. The monoisotopic (exact) mass is 259 g/mol. The Balaban J connectivity index is 2.59. The summed E-state index contributed by atoms with van der Waals surface area (Å²) in [6, 6.07) is 3.11. The largest absolute Gasteiger partial charge is 0.378 e. The molecule has 0 aliphatic rings. The summed E-state index contributed by atoms with van der Waals surface area (Å²) in [5.41, 5.74) is 5.27. The fraction of sp³-hybridized carbons (Fsp3) is 0.500. The van der Waals surface area contributed by atoms with E-state index in [2.05, 4.69) is 10.3 Å². The summed E-state index contributed by atoms with van der Waals surface area (Å²) in [6.45, 7) is 1.90. The van der Waals surface area contributed by atoms with Crippen LogP contribution in [0.2, 0.25) is 0 Å². The molecule has 0 bridgehead atoms. The molecule has 0 spiro atoms. The van der Waals surface area contributed by atoms with Gasteiger partial charge in [0.25, 0.3) is 0 Å². The maximum atomic E-state index is 11.5. The van der Waals surface area contributed by atoms with Gasteiger partial charge in [-0.25, -0.2) is 13.4 Å². The first-order valence-electron chi connectivity index (χ1n) is 5.22. The highest BCUT2D eigenvalue weighted by molar-refractivity contribution is 7.90. The van der Waals surface area contributed by atoms with E-state index < -0.39 is 9.84 Å². The first-order chi connectivity index (χ1) is 8.05. The maximum Gasteiger partial charge on any atom is 0.179 e. The van der Waals surface area contributed by atoms with Gasteiger partial charge in [0.05, 0.1) is 13.2 Å². The van der Waals surface area contributed by atoms with E-state index in [4.69, 9.17) is 10.5 Å². The van der Waals surface area contributed by atoms with Crippen LogP contribution in [0.1, 0.15) is 0 Å². The van der Waals surface area contributed by atoms with Gasteiger partial charge in [-0.2, -0.15) is 0 Å². The van der Waals surface area contributed by atoms with Crippen LogP contribution < -0.4 is 11.1 Å². The van der Waals surface area contributed by atoms with E-state index in [-0.39, 0.29) is 4.90 Å². The number of sulfone groups is 1. The summed E-state index contributed by atoms with van der Waals surface area (Å²) in [6.07, 6.45) is 2.69. The number of nitrogens with one attached hydrogen (secondary N) is 1. The zero-order valence-electron chi connectivity index (χ0n) is 9.72. The van der Waals surface area contributed by atoms with Gasteiger partial charge < -0.3 is 15.8 Å². The molecule has 96 valence electrons. The Morgan fingerprint density at radius 1 is 1.47 bits per heavy atom. The molecule has 0 amide bonds. The molecule has 0 fully saturated rings. The number of pyridine rings is 1. The Morgan fingerprint density at radius 2 is 2.24 bits per heavy atom. The Bertz CT molecular complexity index is 448. The molecule has 6 nitrogen and oxygen atoms in total. The SMILES string of the molecule is CS(=O)(=O)c1cccnc1NCCOCCN. The lowest BCUT2D eigenvalue weighted by molar-refractivity contribution is 0.151. The van der Waals surface area contributed by atoms with E-state index in [1.54, 1.807) is 6.07 Å². The number of rotatable bonds is 7. The summed E-state index contributed by atoms with van der Waals surface area (Å²) < 4.78 is 28.1. The molecule has 1 aromatic rings. The lowest BCUT2D eigenvalue weighted by Crippen LogP contribution is -2.16. The summed E-state index contributed by atoms with van der Waals surface area (Å²) >= 11 is 0. The Hall–Kier alpha value is -1.18. The fourth-order valence-corrected chi connectivity index (χ4v) is 2.05. The summed E-state index contributed by atoms with van der Waals surface area (Å²) in [5, 5.41) is 2.92. The van der Waals surface area contributed by atoms with Gasteiger partial charge in [0, 0.05) is 25.5 Å². The molecule has 0 unspecified atom stereocenters. The highest BCUT2D eigenvalue weighted by Gasteiger charge is 2.13. The highest BCUT2D eigenvalue weighted by Crippen LogP contribution is 2.16. The predicted molar refractivity (Wildman–Crippen MR) is 65.7 cm³/mol. The van der Waals surface area contributed by atoms with Crippen molar-refractivity contribution in [3.05, 3.63) is 18.3 Å². The van der Waals surface area contributed by atoms with Crippen molar-refractivity contribution in [1.29, 1.82) is 0 Å². The highest BCUT2D eigenvalue weighted by atomic mass is 32.2. The van der Waals surface area contributed by atoms with Gasteiger partial charge in [-0.1, -0.05) is 0 Å². The Kier molecular flexibility index (Phi) is 5.33. The van der Waals surface area contributed by atoms with Crippen molar-refractivity contribution >= 4 is 15.7 Å². The standard InChI is InChI=1S/C10H17N3O3S/c1-17(14,15)9-3-2-5-12-10(9)13-6-8-16-7-4-11/h2-3,5H,4,6-8,11H2,1H3,(H,12,13). The molecule has 0 saturated carbocycles. The third kappa shape index (κ3) is 4.68. The van der Waals surface area contributed by atoms with Crippen LogP contribution in [-0.4, -0.2) is 46.0 Å². The van der Waals surface area contributed by atoms with E-state index in [1.165, 1.54) is 12.3 Å². The molecule has 0 aromatic carbocycles. The molecule has 7 heteroatoms. The summed E-state index contributed by atoms with van der Waals surface area (Å²) in [5.74, 6) is 0.353. The van der Waals surface area contributed by atoms with Gasteiger partial charge in [0.2, 0.25) is 0 Å². The van der Waals surface area contributed by atoms with Crippen LogP contribution in [0.5, 0.6) is 0 Å². The van der Waals surface area contributed by atoms with Crippen molar-refractivity contribution in [2.75, 3.05) is 37.9 Å². The fourth-order valence-electron chi connectivity index (χ4n) is 1.25. The van der Waals surface area contributed by atoms with Crippen molar-refractivity contribution < 1.29 is 13.2 Å². The minimum atomic E-state index is -3.27. The topological polar surface area (TPSA) is 94.3 Å². The number of hydrogen-bond acceptors (Lipinski definition) is 6. The lowest BCUT2D eigenvalue weighted by Gasteiger charge is -2.09. The molecule has 0 saturated heterocycles. The maximum absolute atomic E-state index is 11.5. The van der Waals surface area contributed by atoms with E-state index in [1.807, 2.05) is 0 Å². The van der Waals surface area contributed by atoms with Gasteiger partial charge in [0.15, 0.2) is 9.84 Å². The average Bonchev–Trinajstić information content (AvgIpc) is 2.28. The number of hydrogen-bond donors (Lipinski definition) is 2. The van der Waals surface area contributed by atoms with Crippen molar-refractivity contribution in [1.82, 2.24) is 4.98 Å². The van der Waals surface area contributed by atoms with Crippen LogP contribution in [-0.2, 0) is 14.6 Å². The van der Waals surface area contributed by atoms with Gasteiger partial charge in [-0.05, 0) is 12.1 Å². The molecule has 1 heterocycles. The predicted octanol–water partition coefficient (Wildman–Crippen LogP) is -0.128. The van der Waals surface area contributed by atoms with Gasteiger partial charge in [-0.15, -0.1) is 0 Å². The van der Waals surface area contributed by atoms with Crippen LogP contribution in [0.15, 0.2) is 23.2 Å². The van der Waals surface area contributed by atoms with Crippen molar-refractivity contribution in [2.45, 2.75) is 4.90 Å². The van der Waals surface area contributed by atoms with E-state index in [0.717, 1.165) is 6.26 Å². The van der Waals surface area contributed by atoms with Crippen LogP contribution in [0.4, 0.5) is 5.82 Å². The van der Waals surface area contributed by atoms with Gasteiger partial charge in [-0.3, -0.25) is 0 Å². The molecule has 1 rings (SSSR count). The number of nitrogens with zero attached hydrogens (tertiary/aromatic N) is 1. The first-order valence-corrected chi connectivity index (χ1v) is 7.11. The lowest BCUT2D eigenvalue weighted by atomic mass is 10.4.